The van der Waals surface area contributed by atoms with Crippen molar-refractivity contribution in [2.45, 2.75) is 85.0 Å². The third-order valence-electron chi connectivity index (χ3n) is 6.41. The van der Waals surface area contributed by atoms with Crippen molar-refractivity contribution in [3.63, 3.8) is 0 Å². The highest BCUT2D eigenvalue weighted by Crippen LogP contribution is 2.32. The van der Waals surface area contributed by atoms with Gasteiger partial charge in [-0.05, 0) is 76.6 Å². The molecule has 2 aliphatic heterocycles. The molecule has 0 radical (unpaired) electrons. The fourth-order valence-corrected chi connectivity index (χ4v) is 4.53. The molecule has 0 bridgehead atoms. The van der Waals surface area contributed by atoms with E-state index < -0.39 is 5.60 Å². The quantitative estimate of drug-likeness (QED) is 0.656. The molecule has 1 amide bonds. The standard InChI is InChI=1S/C25H38N2O4/c1-17-12-20(21-14-27(15-21)23(29)31-24(4,5)6)13-18(2)22(17)16-26-10-8-25(7,9-11-26)30-19(3)28/h12-13,21H,8-11,14-16H2,1-7H3. The minimum absolute atomic E-state index is 0.195. The minimum Gasteiger partial charge on any atom is -0.459 e. The number of esters is 1. The Hall–Kier alpha value is -2.08. The number of carbonyl (C=O) groups excluding carboxylic acids is 2. The molecule has 0 N–H and O–H groups in total. The molecule has 0 aromatic heterocycles. The second kappa shape index (κ2) is 8.81. The summed E-state index contributed by atoms with van der Waals surface area (Å²) in [5.41, 5.74) is 4.50. The zero-order chi connectivity index (χ0) is 23.0. The molecule has 0 spiro atoms. The maximum Gasteiger partial charge on any atom is 0.410 e. The fraction of sp³-hybridized carbons (Fsp3) is 0.680. The van der Waals surface area contributed by atoms with Crippen LogP contribution in [0, 0.1) is 13.8 Å². The highest BCUT2D eigenvalue weighted by molar-refractivity contribution is 5.69. The summed E-state index contributed by atoms with van der Waals surface area (Å²) in [5, 5.41) is 0. The molecule has 0 aliphatic carbocycles. The fourth-order valence-electron chi connectivity index (χ4n) is 4.53. The van der Waals surface area contributed by atoms with Crippen molar-refractivity contribution in [2.75, 3.05) is 26.2 Å². The molecule has 3 rings (SSSR count). The van der Waals surface area contributed by atoms with Crippen LogP contribution < -0.4 is 0 Å². The van der Waals surface area contributed by atoms with E-state index in [0.29, 0.717) is 19.0 Å². The third-order valence-corrected chi connectivity index (χ3v) is 6.41. The highest BCUT2D eigenvalue weighted by Gasteiger charge is 2.35. The van der Waals surface area contributed by atoms with Gasteiger partial charge in [0.15, 0.2) is 0 Å². The number of amides is 1. The van der Waals surface area contributed by atoms with Gasteiger partial charge in [-0.25, -0.2) is 4.79 Å². The van der Waals surface area contributed by atoms with Crippen LogP contribution in [0.4, 0.5) is 4.79 Å². The number of aryl methyl sites for hydroxylation is 2. The first-order valence-corrected chi connectivity index (χ1v) is 11.4. The molecule has 2 aliphatic rings. The second-order valence-electron chi connectivity index (χ2n) is 10.5. The molecule has 0 atom stereocenters. The summed E-state index contributed by atoms with van der Waals surface area (Å²) >= 11 is 0. The van der Waals surface area contributed by atoms with Crippen LogP contribution in [0.15, 0.2) is 12.1 Å². The summed E-state index contributed by atoms with van der Waals surface area (Å²) in [6.45, 7) is 17.8. The SMILES string of the molecule is CC(=O)OC1(C)CCN(Cc2c(C)cc(C3CN(C(=O)OC(C)(C)C)C3)cc2C)CC1. The van der Waals surface area contributed by atoms with Crippen molar-refractivity contribution in [2.24, 2.45) is 0 Å². The van der Waals surface area contributed by atoms with Gasteiger partial charge >= 0.3 is 12.1 Å². The topological polar surface area (TPSA) is 59.1 Å². The number of nitrogens with zero attached hydrogens (tertiary/aromatic N) is 2. The van der Waals surface area contributed by atoms with Gasteiger partial charge in [-0.15, -0.1) is 0 Å². The number of ether oxygens (including phenoxy) is 2. The van der Waals surface area contributed by atoms with Crippen LogP contribution in [0.1, 0.15) is 75.6 Å². The Kier molecular flexibility index (Phi) is 6.70. The average molecular weight is 431 g/mol. The Bertz CT molecular complexity index is 805. The first kappa shape index (κ1) is 23.6. The first-order chi connectivity index (χ1) is 14.3. The van der Waals surface area contributed by atoms with Crippen LogP contribution in [-0.2, 0) is 20.8 Å². The van der Waals surface area contributed by atoms with E-state index in [9.17, 15) is 9.59 Å². The molecule has 1 aromatic rings. The van der Waals surface area contributed by atoms with Crippen molar-refractivity contribution in [1.82, 2.24) is 9.80 Å². The van der Waals surface area contributed by atoms with Crippen LogP contribution in [0.2, 0.25) is 0 Å². The van der Waals surface area contributed by atoms with Gasteiger partial charge in [-0.3, -0.25) is 9.69 Å². The van der Waals surface area contributed by atoms with Crippen LogP contribution in [0.5, 0.6) is 0 Å². The molecular formula is C25H38N2O4. The van der Waals surface area contributed by atoms with Crippen LogP contribution in [-0.4, -0.2) is 59.2 Å². The van der Waals surface area contributed by atoms with E-state index in [1.54, 1.807) is 4.90 Å². The molecule has 31 heavy (non-hydrogen) atoms. The smallest absolute Gasteiger partial charge is 0.410 e. The zero-order valence-corrected chi connectivity index (χ0v) is 20.2. The lowest BCUT2D eigenvalue weighted by atomic mass is 9.87. The Morgan fingerprint density at radius 1 is 1.10 bits per heavy atom. The molecular weight excluding hydrogens is 392 g/mol. The van der Waals surface area contributed by atoms with Gasteiger partial charge in [0.25, 0.3) is 0 Å². The number of hydrogen-bond acceptors (Lipinski definition) is 5. The lowest BCUT2D eigenvalue weighted by Gasteiger charge is -2.40. The predicted octanol–water partition coefficient (Wildman–Crippen LogP) is 4.56. The van der Waals surface area contributed by atoms with Gasteiger partial charge < -0.3 is 14.4 Å². The average Bonchev–Trinajstić information content (AvgIpc) is 2.56. The summed E-state index contributed by atoms with van der Waals surface area (Å²) in [4.78, 5) is 27.8. The summed E-state index contributed by atoms with van der Waals surface area (Å²) in [6.07, 6.45) is 1.51. The molecule has 1 aromatic carbocycles. The van der Waals surface area contributed by atoms with Gasteiger partial charge in [0, 0.05) is 45.6 Å². The lowest BCUT2D eigenvalue weighted by molar-refractivity contribution is -0.159. The largest absolute Gasteiger partial charge is 0.459 e. The van der Waals surface area contributed by atoms with Crippen molar-refractivity contribution in [1.29, 1.82) is 0 Å². The highest BCUT2D eigenvalue weighted by atomic mass is 16.6. The second-order valence-corrected chi connectivity index (χ2v) is 10.5. The van der Waals surface area contributed by atoms with Crippen molar-refractivity contribution in [3.05, 3.63) is 34.4 Å². The van der Waals surface area contributed by atoms with E-state index in [-0.39, 0.29) is 17.7 Å². The van der Waals surface area contributed by atoms with Crippen molar-refractivity contribution < 1.29 is 19.1 Å². The normalized spacial score (nSPS) is 19.6. The number of likely N-dealkylation sites (tertiary alicyclic amines) is 2. The van der Waals surface area contributed by atoms with Gasteiger partial charge in [0.05, 0.1) is 0 Å². The van der Waals surface area contributed by atoms with Gasteiger partial charge in [-0.1, -0.05) is 12.1 Å². The van der Waals surface area contributed by atoms with E-state index in [1.807, 2.05) is 27.7 Å². The van der Waals surface area contributed by atoms with E-state index >= 15 is 0 Å². The van der Waals surface area contributed by atoms with Crippen molar-refractivity contribution in [3.8, 4) is 0 Å². The third kappa shape index (κ3) is 6.00. The minimum atomic E-state index is -0.457. The molecule has 6 nitrogen and oxygen atoms in total. The lowest BCUT2D eigenvalue weighted by Crippen LogP contribution is -2.50. The van der Waals surface area contributed by atoms with Gasteiger partial charge in [0.1, 0.15) is 11.2 Å². The Morgan fingerprint density at radius 2 is 1.65 bits per heavy atom. The molecule has 0 saturated carbocycles. The summed E-state index contributed by atoms with van der Waals surface area (Å²) in [5.74, 6) is 0.179. The first-order valence-electron chi connectivity index (χ1n) is 11.4. The molecule has 6 heteroatoms. The van der Waals surface area contributed by atoms with E-state index in [1.165, 1.54) is 29.2 Å². The number of hydrogen-bond donors (Lipinski definition) is 0. The maximum absolute atomic E-state index is 12.2. The molecule has 2 heterocycles. The molecule has 172 valence electrons. The number of benzene rings is 1. The van der Waals surface area contributed by atoms with Crippen LogP contribution in [0.3, 0.4) is 0 Å². The Labute approximate surface area is 186 Å². The van der Waals surface area contributed by atoms with Gasteiger partial charge in [-0.2, -0.15) is 0 Å². The van der Waals surface area contributed by atoms with E-state index in [0.717, 1.165) is 32.5 Å². The number of piperidine rings is 1. The van der Waals surface area contributed by atoms with Crippen molar-refractivity contribution >= 4 is 12.1 Å². The number of rotatable bonds is 4. The predicted molar refractivity (Wildman–Crippen MR) is 121 cm³/mol. The maximum atomic E-state index is 12.2. The van der Waals surface area contributed by atoms with Crippen LogP contribution >= 0.6 is 0 Å². The van der Waals surface area contributed by atoms with E-state index in [2.05, 4.69) is 30.9 Å². The summed E-state index contributed by atoms with van der Waals surface area (Å²) in [7, 11) is 0. The molecule has 2 saturated heterocycles. The Balaban J connectivity index is 1.57. The zero-order valence-electron chi connectivity index (χ0n) is 20.2. The molecule has 0 unspecified atom stereocenters. The van der Waals surface area contributed by atoms with Crippen LogP contribution in [0.25, 0.3) is 0 Å². The monoisotopic (exact) mass is 430 g/mol. The molecule has 2 fully saturated rings. The van der Waals surface area contributed by atoms with E-state index in [4.69, 9.17) is 9.47 Å². The van der Waals surface area contributed by atoms with Gasteiger partial charge in [0.2, 0.25) is 0 Å². The summed E-state index contributed by atoms with van der Waals surface area (Å²) in [6, 6.07) is 4.57. The summed E-state index contributed by atoms with van der Waals surface area (Å²) < 4.78 is 11.0. The Morgan fingerprint density at radius 3 is 2.13 bits per heavy atom. The number of carbonyl (C=O) groups is 2.